The Bertz CT molecular complexity index is 402. The first-order valence-corrected chi connectivity index (χ1v) is 6.96. The van der Waals surface area contributed by atoms with E-state index in [4.69, 9.17) is 0 Å². The number of hydrogen-bond acceptors (Lipinski definition) is 1. The Hall–Kier alpha value is -1.08. The van der Waals surface area contributed by atoms with Crippen molar-refractivity contribution in [2.24, 2.45) is 5.92 Å². The average molecular weight is 245 g/mol. The number of benzene rings is 1. The summed E-state index contributed by atoms with van der Waals surface area (Å²) < 4.78 is 0. The largest absolute Gasteiger partial charge is 0.316 e. The molecule has 1 aromatic carbocycles. The minimum atomic E-state index is 0.731. The van der Waals surface area contributed by atoms with Gasteiger partial charge in [0.1, 0.15) is 0 Å². The summed E-state index contributed by atoms with van der Waals surface area (Å²) >= 11 is 0. The molecule has 1 aromatic rings. The van der Waals surface area contributed by atoms with Crippen molar-refractivity contribution in [1.82, 2.24) is 5.32 Å². The molecule has 0 heterocycles. The SMILES string of the molecule is CC(=CCCNCC(C)C)c1ccc(C)c(C)c1. The molecule has 0 aromatic heterocycles. The monoisotopic (exact) mass is 245 g/mol. The maximum Gasteiger partial charge on any atom is -0.00139 e. The van der Waals surface area contributed by atoms with E-state index in [1.807, 2.05) is 0 Å². The van der Waals surface area contributed by atoms with Crippen LogP contribution in [0.2, 0.25) is 0 Å². The molecule has 0 saturated carbocycles. The predicted molar refractivity (Wildman–Crippen MR) is 81.9 cm³/mol. The highest BCUT2D eigenvalue weighted by atomic mass is 14.8. The molecule has 0 spiro atoms. The third-order valence-electron chi connectivity index (χ3n) is 3.29. The molecule has 1 N–H and O–H groups in total. The second-order valence-electron chi connectivity index (χ2n) is 5.57. The van der Waals surface area contributed by atoms with Gasteiger partial charge >= 0.3 is 0 Å². The molecule has 0 aliphatic rings. The lowest BCUT2D eigenvalue weighted by molar-refractivity contribution is 0.557. The second kappa shape index (κ2) is 7.38. The average Bonchev–Trinajstić information content (AvgIpc) is 2.31. The summed E-state index contributed by atoms with van der Waals surface area (Å²) in [6.45, 7) is 13.2. The Labute approximate surface area is 112 Å². The topological polar surface area (TPSA) is 12.0 Å². The first-order chi connectivity index (χ1) is 8.50. The zero-order valence-corrected chi connectivity index (χ0v) is 12.5. The summed E-state index contributed by atoms with van der Waals surface area (Å²) in [5.41, 5.74) is 5.47. The molecule has 100 valence electrons. The van der Waals surface area contributed by atoms with Crippen LogP contribution in [0.1, 0.15) is 43.9 Å². The highest BCUT2D eigenvalue weighted by molar-refractivity contribution is 5.64. The van der Waals surface area contributed by atoms with Crippen LogP contribution in [0.3, 0.4) is 0 Å². The van der Waals surface area contributed by atoms with Gasteiger partial charge in [-0.05, 0) is 68.5 Å². The highest BCUT2D eigenvalue weighted by Crippen LogP contribution is 2.17. The third-order valence-corrected chi connectivity index (χ3v) is 3.29. The van der Waals surface area contributed by atoms with E-state index in [-0.39, 0.29) is 0 Å². The van der Waals surface area contributed by atoms with Crippen molar-refractivity contribution in [1.29, 1.82) is 0 Å². The number of aryl methyl sites for hydroxylation is 2. The molecule has 0 amide bonds. The van der Waals surface area contributed by atoms with E-state index in [2.05, 4.69) is 64.2 Å². The van der Waals surface area contributed by atoms with E-state index >= 15 is 0 Å². The maximum atomic E-state index is 3.47. The third kappa shape index (κ3) is 5.05. The highest BCUT2D eigenvalue weighted by Gasteiger charge is 1.98. The molecule has 0 unspecified atom stereocenters. The number of nitrogens with one attached hydrogen (secondary N) is 1. The fourth-order valence-corrected chi connectivity index (χ4v) is 1.89. The molecule has 0 radical (unpaired) electrons. The van der Waals surface area contributed by atoms with E-state index < -0.39 is 0 Å². The Balaban J connectivity index is 2.47. The Morgan fingerprint density at radius 1 is 1.22 bits per heavy atom. The van der Waals surface area contributed by atoms with Crippen LogP contribution >= 0.6 is 0 Å². The standard InChI is InChI=1S/C17H27N/c1-13(2)12-18-10-6-7-15(4)17-9-8-14(3)16(5)11-17/h7-9,11,13,18H,6,10,12H2,1-5H3. The van der Waals surface area contributed by atoms with Crippen LogP contribution < -0.4 is 5.32 Å². The summed E-state index contributed by atoms with van der Waals surface area (Å²) in [6, 6.07) is 6.71. The summed E-state index contributed by atoms with van der Waals surface area (Å²) in [5, 5.41) is 3.47. The van der Waals surface area contributed by atoms with Crippen LogP contribution in [0.5, 0.6) is 0 Å². The van der Waals surface area contributed by atoms with Gasteiger partial charge in [-0.2, -0.15) is 0 Å². The van der Waals surface area contributed by atoms with Crippen LogP contribution in [0.15, 0.2) is 24.3 Å². The van der Waals surface area contributed by atoms with Crippen molar-refractivity contribution >= 4 is 5.57 Å². The van der Waals surface area contributed by atoms with E-state index in [1.165, 1.54) is 22.3 Å². The minimum absolute atomic E-state index is 0.731. The molecule has 0 fully saturated rings. The zero-order chi connectivity index (χ0) is 13.5. The Morgan fingerprint density at radius 2 is 1.94 bits per heavy atom. The van der Waals surface area contributed by atoms with Crippen molar-refractivity contribution in [2.45, 2.75) is 41.0 Å². The zero-order valence-electron chi connectivity index (χ0n) is 12.5. The smallest absolute Gasteiger partial charge is 0.00139 e. The van der Waals surface area contributed by atoms with Gasteiger partial charge < -0.3 is 5.32 Å². The Kier molecular flexibility index (Phi) is 6.14. The molecular formula is C17H27N. The predicted octanol–water partition coefficient (Wildman–Crippen LogP) is 4.34. The van der Waals surface area contributed by atoms with Crippen LogP contribution in [0.25, 0.3) is 5.57 Å². The van der Waals surface area contributed by atoms with Gasteiger partial charge in [-0.15, -0.1) is 0 Å². The fraction of sp³-hybridized carbons (Fsp3) is 0.529. The fourth-order valence-electron chi connectivity index (χ4n) is 1.89. The summed E-state index contributed by atoms with van der Waals surface area (Å²) in [5.74, 6) is 0.731. The van der Waals surface area contributed by atoms with E-state index in [0.717, 1.165) is 25.4 Å². The van der Waals surface area contributed by atoms with Crippen molar-refractivity contribution in [3.63, 3.8) is 0 Å². The van der Waals surface area contributed by atoms with Crippen LogP contribution in [-0.4, -0.2) is 13.1 Å². The molecule has 0 bridgehead atoms. The Morgan fingerprint density at radius 3 is 2.56 bits per heavy atom. The lowest BCUT2D eigenvalue weighted by atomic mass is 10.0. The van der Waals surface area contributed by atoms with Gasteiger partial charge in [0.25, 0.3) is 0 Å². The molecule has 0 saturated heterocycles. The van der Waals surface area contributed by atoms with Crippen molar-refractivity contribution < 1.29 is 0 Å². The maximum absolute atomic E-state index is 3.47. The lowest BCUT2D eigenvalue weighted by Crippen LogP contribution is -2.20. The minimum Gasteiger partial charge on any atom is -0.316 e. The molecule has 0 aliphatic heterocycles. The van der Waals surface area contributed by atoms with Crippen LogP contribution in [-0.2, 0) is 0 Å². The van der Waals surface area contributed by atoms with Crippen LogP contribution in [0, 0.1) is 19.8 Å². The molecule has 1 heteroatoms. The first-order valence-electron chi connectivity index (χ1n) is 6.96. The summed E-state index contributed by atoms with van der Waals surface area (Å²) in [6.07, 6.45) is 3.43. The van der Waals surface area contributed by atoms with Gasteiger partial charge in [-0.3, -0.25) is 0 Å². The van der Waals surface area contributed by atoms with Gasteiger partial charge in [0.05, 0.1) is 0 Å². The molecule has 0 aliphatic carbocycles. The van der Waals surface area contributed by atoms with Crippen molar-refractivity contribution in [3.8, 4) is 0 Å². The molecule has 0 atom stereocenters. The quantitative estimate of drug-likeness (QED) is 0.735. The van der Waals surface area contributed by atoms with Gasteiger partial charge in [-0.1, -0.05) is 38.1 Å². The van der Waals surface area contributed by atoms with Gasteiger partial charge in [-0.25, -0.2) is 0 Å². The van der Waals surface area contributed by atoms with Gasteiger partial charge in [0.2, 0.25) is 0 Å². The normalized spacial score (nSPS) is 12.2. The molecule has 18 heavy (non-hydrogen) atoms. The van der Waals surface area contributed by atoms with Gasteiger partial charge in [0.15, 0.2) is 0 Å². The number of allylic oxidation sites excluding steroid dienone is 1. The van der Waals surface area contributed by atoms with E-state index in [0.29, 0.717) is 0 Å². The molecule has 1 rings (SSSR count). The number of rotatable bonds is 6. The van der Waals surface area contributed by atoms with E-state index in [9.17, 15) is 0 Å². The molecular weight excluding hydrogens is 218 g/mol. The lowest BCUT2D eigenvalue weighted by Gasteiger charge is -2.07. The van der Waals surface area contributed by atoms with E-state index in [1.54, 1.807) is 0 Å². The van der Waals surface area contributed by atoms with Crippen molar-refractivity contribution in [2.75, 3.05) is 13.1 Å². The van der Waals surface area contributed by atoms with Crippen LogP contribution in [0.4, 0.5) is 0 Å². The van der Waals surface area contributed by atoms with Crippen molar-refractivity contribution in [3.05, 3.63) is 41.0 Å². The second-order valence-corrected chi connectivity index (χ2v) is 5.57. The number of hydrogen-bond donors (Lipinski definition) is 1. The molecule has 1 nitrogen and oxygen atoms in total. The first kappa shape index (κ1) is 15.0. The summed E-state index contributed by atoms with van der Waals surface area (Å²) in [7, 11) is 0. The summed E-state index contributed by atoms with van der Waals surface area (Å²) in [4.78, 5) is 0. The van der Waals surface area contributed by atoms with Gasteiger partial charge in [0, 0.05) is 0 Å².